The van der Waals surface area contributed by atoms with E-state index in [1.165, 1.54) is 102 Å². The van der Waals surface area contributed by atoms with E-state index in [1.54, 1.807) is 6.07 Å². The van der Waals surface area contributed by atoms with E-state index in [4.69, 9.17) is 129 Å². The van der Waals surface area contributed by atoms with Crippen LogP contribution in [0.4, 0.5) is 60.9 Å². The van der Waals surface area contributed by atoms with Gasteiger partial charge in [0.2, 0.25) is 0 Å². The van der Waals surface area contributed by atoms with Crippen molar-refractivity contribution in [3.05, 3.63) is 93.7 Å². The number of hydrogen-bond donors (Lipinski definition) is 9. The third-order valence-electron chi connectivity index (χ3n) is 21.5. The first-order valence-electron chi connectivity index (χ1n) is 37.9. The van der Waals surface area contributed by atoms with Gasteiger partial charge in [-0.15, -0.1) is 0 Å². The van der Waals surface area contributed by atoms with Crippen molar-refractivity contribution in [3.63, 3.8) is 0 Å². The standard InChI is InChI=1S/2C21H25BF2N9O9P2.C21H25BF2N9O8P2S/c22-43(34)37-4-10-15(12(24)20(40-10)32-7-31-14-17(26)28-5-29-19(14)32)42-44(35,36)38-3-9-11(23)16(41-43)21(39-9)33-6-30-13-8(25)1-2-27-18(13)33;22-43(34)37-3-9-11(23)16(21(39-9)33-6-30-13-8(25)1-2-27-18(13)33)42-44(35,36)38-4-10-15(41-43)12(24)20(40-10)32-7-31-14-17(26)28-5-29-19(14)32;22-42(34)36-3-9-11(23)16(21(38-9)33-6-30-13-8(25)1-2-27-18(13)33)41-43(35,44)37-4-10-15(40-42)12(24)20(39-10)32-7-31-14-17(26)28-5-29-19(14)32/h2*1-2,5-7,9-12,15-16,20-21H,3-4H2,22H3,(H2,25,27)(H,35,36)(H2,26,28,29);1-2,5-7,9-12,15-16,20-21H,3-4H2,22H3,(H2,25,27)(H,35,44)(H2,26,28,29)/q3*-1/t2*9-,10-,11-,12-,15-,16-,20-,21-,43?;9-,10-,11-,12-,15-,16-,20-,21-,42?,43?/m111/s1. The molecule has 9 saturated heterocycles. The van der Waals surface area contributed by atoms with Gasteiger partial charge >= 0.3 is 22.4 Å². The molecule has 0 spiro atoms. The SMILES string of the molecule is [BH3-]P1(=O)OC[C@H]2O[C@@H](n3cnc4c(N)ccnc43)[C@H](OP(=O)(O)OC[C@H]3O[C@@H](n4cnc5c(N)ncnc54)[C@H](F)[C@@H]3O1)[C@@H]2F.[BH3-]P1(=O)OC[C@H]2O[C@@H](n3cnc4c(N)ccnc43)[C@H](OP(O)(=S)OC[C@H]3O[C@@H](n4cnc5c(N)ncnc54)[C@H](F)[C@@H]3O1)[C@@H]2F.[BH3-]P1(=O)OC[C@H]2O[C@@H](n3cnc4c(N)ncnc43)[C@H](F)[C@@H]2OP(=O)(O)OC[C@H]2O[C@@H](n3cnc4c(N)ccnc43)[C@H](O1)[C@@H]2F. The minimum Gasteiger partial charge on any atom is -0.397 e. The quantitative estimate of drug-likeness (QED) is 0.0637. The maximum absolute atomic E-state index is 16.0. The molecule has 53 nitrogen and oxygen atoms in total. The van der Waals surface area contributed by atoms with Crippen LogP contribution in [-0.2, 0) is 117 Å². The number of imidazole rings is 6. The normalized spacial score (nSPS) is 38.3. The molecule has 0 amide bonds. The Bertz CT molecular complexity index is 6130. The van der Waals surface area contributed by atoms with E-state index in [0.717, 1.165) is 12.7 Å². The van der Waals surface area contributed by atoms with Gasteiger partial charge in [0.25, 0.3) is 0 Å². The van der Waals surface area contributed by atoms with Crippen molar-refractivity contribution in [2.45, 2.75) is 148 Å². The summed E-state index contributed by atoms with van der Waals surface area (Å²) in [6, 6.07) is 4.59. The van der Waals surface area contributed by atoms with E-state index in [9.17, 15) is 37.5 Å². The van der Waals surface area contributed by atoms with Crippen molar-refractivity contribution >= 4 is 181 Å². The van der Waals surface area contributed by atoms with Crippen LogP contribution in [0.15, 0.2) is 93.7 Å². The van der Waals surface area contributed by atoms with E-state index >= 15 is 26.3 Å². The van der Waals surface area contributed by atoms with Crippen LogP contribution in [0, 0.1) is 0 Å². The Morgan fingerprint density at radius 3 is 0.909 bits per heavy atom. The molecule has 15 N–H and O–H groups in total. The minimum atomic E-state index is -5.08. The molecule has 21 rings (SSSR count). The van der Waals surface area contributed by atoms with Crippen molar-refractivity contribution in [2.24, 2.45) is 0 Å². The lowest BCUT2D eigenvalue weighted by Crippen LogP contribution is -2.34. The first kappa shape index (κ1) is 92.1. The molecule has 6 bridgehead atoms. The Morgan fingerprint density at radius 2 is 0.561 bits per heavy atom. The first-order valence-corrected chi connectivity index (χ1v) is 46.8. The Labute approximate surface area is 741 Å². The summed E-state index contributed by atoms with van der Waals surface area (Å²) in [7, 11) is -25.7. The molecule has 9 fully saturated rings. The van der Waals surface area contributed by atoms with E-state index in [0.29, 0.717) is 22.4 Å². The number of ether oxygens (including phenoxy) is 6. The number of nitrogens with two attached hydrogens (primary N) is 6. The molecule has 9 aliphatic rings. The molecule has 9 aliphatic heterocycles. The minimum absolute atomic E-state index is 0.0415. The monoisotopic (exact) mass is 1990 g/mol. The Hall–Kier alpha value is -8.96. The predicted octanol–water partition coefficient (Wildman–Crippen LogP) is 1.01. The predicted molar refractivity (Wildman–Crippen MR) is 452 cm³/mol. The second kappa shape index (κ2) is 35.3. The zero-order valence-electron chi connectivity index (χ0n) is 64.7. The third-order valence-corrected chi connectivity index (χ3v) is 27.4. The van der Waals surface area contributed by atoms with Crippen LogP contribution in [0.1, 0.15) is 37.4 Å². The van der Waals surface area contributed by atoms with Gasteiger partial charge in [0.05, 0.1) is 117 Å². The van der Waals surface area contributed by atoms with Gasteiger partial charge in [0.15, 0.2) is 126 Å². The summed E-state index contributed by atoms with van der Waals surface area (Å²) < 4.78 is 271. The average molecular weight is 1990 g/mol. The molecule has 0 saturated carbocycles. The molecular weight excluding hydrogens is 1920 g/mol. The van der Waals surface area contributed by atoms with Gasteiger partial charge in [0, 0.05) is 18.6 Å². The largest absolute Gasteiger partial charge is 0.472 e. The summed E-state index contributed by atoms with van der Waals surface area (Å²) in [6.07, 6.45) is -22.8. The van der Waals surface area contributed by atoms with Crippen LogP contribution in [-0.4, -0.2) is 289 Å². The maximum Gasteiger partial charge on any atom is 0.472 e. The molecule has 30 atom stereocenters. The number of rotatable bonds is 6. The number of phosphoric acid groups is 2. The number of pyridine rings is 3. The number of alkyl halides is 6. The number of anilines is 6. The van der Waals surface area contributed by atoms with Crippen molar-refractivity contribution in [1.82, 2.24) is 102 Å². The Balaban J connectivity index is 0.000000128. The summed E-state index contributed by atoms with van der Waals surface area (Å²) >= 11 is 5.22. The molecule has 12 aromatic rings. The fourth-order valence-corrected chi connectivity index (χ4v) is 21.1. The van der Waals surface area contributed by atoms with Crippen LogP contribution in [0.25, 0.3) is 67.0 Å². The van der Waals surface area contributed by atoms with E-state index in [-0.39, 0.29) is 79.1 Å². The summed E-state index contributed by atoms with van der Waals surface area (Å²) in [5.41, 5.74) is 39.0. The van der Waals surface area contributed by atoms with Gasteiger partial charge in [-0.05, 0) is 30.0 Å². The van der Waals surface area contributed by atoms with Crippen LogP contribution in [0.2, 0.25) is 0 Å². The second-order valence-electron chi connectivity index (χ2n) is 29.2. The van der Waals surface area contributed by atoms with Crippen LogP contribution >= 0.6 is 44.8 Å². The Morgan fingerprint density at radius 1 is 0.311 bits per heavy atom. The zero-order valence-corrected chi connectivity index (χ0v) is 70.9. The van der Waals surface area contributed by atoms with Gasteiger partial charge in [-0.2, -0.15) is 0 Å². The number of nitrogens with zero attached hydrogens (tertiary/aromatic N) is 21. The van der Waals surface area contributed by atoms with Gasteiger partial charge in [-0.25, -0.2) is 110 Å². The van der Waals surface area contributed by atoms with Crippen molar-refractivity contribution in [3.8, 4) is 0 Å². The van der Waals surface area contributed by atoms with Gasteiger partial charge in [-0.1, -0.05) is 0 Å². The molecule has 12 aromatic heterocycles. The maximum atomic E-state index is 16.0. The molecule has 708 valence electrons. The highest BCUT2D eigenvalue weighted by atomic mass is 32.5. The first-order chi connectivity index (χ1) is 62.8. The summed E-state index contributed by atoms with van der Waals surface area (Å²) in [5.74, 6) is 0.169. The van der Waals surface area contributed by atoms with Crippen molar-refractivity contribution in [2.75, 3.05) is 74.0 Å². The third kappa shape index (κ3) is 17.6. The Kier molecular flexibility index (Phi) is 24.6. The lowest BCUT2D eigenvalue weighted by atomic mass is 10.1. The summed E-state index contributed by atoms with van der Waals surface area (Å²) in [5, 5.41) is 0. The van der Waals surface area contributed by atoms with Gasteiger partial charge < -0.3 is 123 Å². The summed E-state index contributed by atoms with van der Waals surface area (Å²) in [4.78, 5) is 93.8. The van der Waals surface area contributed by atoms with E-state index in [2.05, 4.69) is 74.8 Å². The molecule has 0 aromatic carbocycles. The second-order valence-corrected chi connectivity index (χ2v) is 37.6. The van der Waals surface area contributed by atoms with Crippen molar-refractivity contribution < 1.29 is 147 Å². The highest BCUT2D eigenvalue weighted by molar-refractivity contribution is 8.07. The lowest BCUT2D eigenvalue weighted by molar-refractivity contribution is -0.0630. The lowest BCUT2D eigenvalue weighted by Gasteiger charge is -2.29. The fraction of sp³-hybridized carbons (Fsp3) is 0.476. The molecule has 132 heavy (non-hydrogen) atoms. The number of nitrogen functional groups attached to an aromatic ring is 6. The smallest absolute Gasteiger partial charge is 0.397 e. The van der Waals surface area contributed by atoms with Gasteiger partial charge in [0.1, 0.15) is 148 Å². The van der Waals surface area contributed by atoms with Crippen LogP contribution in [0.3, 0.4) is 0 Å². The molecule has 0 radical (unpaired) electrons. The molecule has 6 unspecified atom stereocenters. The highest BCUT2D eigenvalue weighted by Crippen LogP contribution is 2.60. The number of hydrogen-bond acceptors (Lipinski definition) is 45. The number of phosphoric ester groups is 2. The topological polar surface area (TPSA) is 691 Å². The molecule has 21 heterocycles. The van der Waals surface area contributed by atoms with Crippen LogP contribution in [0.5, 0.6) is 0 Å². The average Bonchev–Trinajstić information content (AvgIpc) is 1.63. The van der Waals surface area contributed by atoms with E-state index in [1.807, 2.05) is 0 Å². The van der Waals surface area contributed by atoms with Gasteiger partial charge in [-0.3, -0.25) is 50.0 Å². The molecule has 69 heteroatoms. The highest BCUT2D eigenvalue weighted by Gasteiger charge is 2.59. The summed E-state index contributed by atoms with van der Waals surface area (Å²) in [6.45, 7) is -8.13. The fourth-order valence-electron chi connectivity index (χ4n) is 15.5. The molecular formula is C63H75B3F6N27O26P6S-3. The zero-order chi connectivity index (χ0) is 92.9. The van der Waals surface area contributed by atoms with E-state index < -0.39 is 255 Å². The number of fused-ring (bicyclic) bond motifs is 15. The van der Waals surface area contributed by atoms with Crippen LogP contribution < -0.4 is 34.4 Å². The number of halogens is 6. The van der Waals surface area contributed by atoms with Crippen molar-refractivity contribution in [1.29, 1.82) is 0 Å². The number of aromatic nitrogens is 21. The molecule has 0 aliphatic carbocycles.